The van der Waals surface area contributed by atoms with Crippen LogP contribution in [0.25, 0.3) is 0 Å². The summed E-state index contributed by atoms with van der Waals surface area (Å²) in [5, 5.41) is 10.4. The zero-order valence-corrected chi connectivity index (χ0v) is 20.8. The SMILES string of the molecule is CC(C)[C@@H](C)C=C[C@@H](C)[C@H]1CC[C@H]2C3=CC(=O)[C@@]45C[C@@H](O)CC[C@]4(C)[C@]3(CC[C@]12C)OO5. The van der Waals surface area contributed by atoms with Crippen LogP contribution in [0.15, 0.2) is 23.8 Å². The Balaban J connectivity index is 1.48. The Morgan fingerprint density at radius 2 is 1.72 bits per heavy atom. The number of allylic oxidation sites excluding steroid dienone is 2. The van der Waals surface area contributed by atoms with E-state index in [4.69, 9.17) is 9.78 Å². The Hall–Kier alpha value is -0.970. The van der Waals surface area contributed by atoms with E-state index in [1.54, 1.807) is 0 Å². The Kier molecular flexibility index (Phi) is 5.18. The molecule has 4 heteroatoms. The maximum Gasteiger partial charge on any atom is 0.191 e. The Labute approximate surface area is 193 Å². The topological polar surface area (TPSA) is 55.8 Å². The fourth-order valence-electron chi connectivity index (χ4n) is 8.35. The van der Waals surface area contributed by atoms with E-state index in [0.717, 1.165) is 25.7 Å². The molecule has 178 valence electrons. The molecule has 4 fully saturated rings. The maximum atomic E-state index is 13.6. The van der Waals surface area contributed by atoms with E-state index in [1.807, 2.05) is 6.08 Å². The average molecular weight is 443 g/mol. The number of hydrogen-bond donors (Lipinski definition) is 1. The Morgan fingerprint density at radius 3 is 2.44 bits per heavy atom. The van der Waals surface area contributed by atoms with Crippen molar-refractivity contribution in [1.29, 1.82) is 0 Å². The minimum Gasteiger partial charge on any atom is -0.393 e. The lowest BCUT2D eigenvalue weighted by Crippen LogP contribution is -2.66. The van der Waals surface area contributed by atoms with Crippen LogP contribution in [0.2, 0.25) is 0 Å². The van der Waals surface area contributed by atoms with E-state index < -0.39 is 22.7 Å². The van der Waals surface area contributed by atoms with Crippen LogP contribution in [-0.2, 0) is 14.6 Å². The second-order valence-electron chi connectivity index (χ2n) is 12.6. The normalized spacial score (nSPS) is 49.6. The van der Waals surface area contributed by atoms with Crippen LogP contribution in [0.3, 0.4) is 0 Å². The molecule has 0 aromatic rings. The molecule has 5 rings (SSSR count). The van der Waals surface area contributed by atoms with Crippen LogP contribution >= 0.6 is 0 Å². The van der Waals surface area contributed by atoms with Crippen molar-refractivity contribution in [1.82, 2.24) is 0 Å². The van der Waals surface area contributed by atoms with Gasteiger partial charge in [-0.2, -0.15) is 0 Å². The van der Waals surface area contributed by atoms with Gasteiger partial charge in [0.2, 0.25) is 0 Å². The molecule has 3 saturated carbocycles. The second-order valence-corrected chi connectivity index (χ2v) is 12.6. The van der Waals surface area contributed by atoms with Crippen molar-refractivity contribution < 1.29 is 19.7 Å². The number of rotatable bonds is 4. The first-order valence-electron chi connectivity index (χ1n) is 13.0. The molecule has 32 heavy (non-hydrogen) atoms. The summed E-state index contributed by atoms with van der Waals surface area (Å²) in [6, 6.07) is 0. The zero-order chi connectivity index (χ0) is 23.1. The van der Waals surface area contributed by atoms with Crippen LogP contribution in [0.4, 0.5) is 0 Å². The van der Waals surface area contributed by atoms with Gasteiger partial charge in [-0.3, -0.25) is 4.79 Å². The number of carbonyl (C=O) groups excluding carboxylic acids is 1. The van der Waals surface area contributed by atoms with Crippen molar-refractivity contribution in [3.05, 3.63) is 23.8 Å². The summed E-state index contributed by atoms with van der Waals surface area (Å²) < 4.78 is 0. The Morgan fingerprint density at radius 1 is 1.00 bits per heavy atom. The summed E-state index contributed by atoms with van der Waals surface area (Å²) in [4.78, 5) is 25.8. The summed E-state index contributed by atoms with van der Waals surface area (Å²) in [5.74, 6) is 2.79. The number of carbonyl (C=O) groups is 1. The largest absolute Gasteiger partial charge is 0.393 e. The van der Waals surface area contributed by atoms with Gasteiger partial charge in [0.1, 0.15) is 5.60 Å². The molecular formula is C28H42O4. The van der Waals surface area contributed by atoms with E-state index in [9.17, 15) is 9.90 Å². The third kappa shape index (κ3) is 2.69. The molecule has 0 aromatic carbocycles. The van der Waals surface area contributed by atoms with Crippen LogP contribution in [0.1, 0.15) is 86.5 Å². The third-order valence-corrected chi connectivity index (χ3v) is 11.0. The summed E-state index contributed by atoms with van der Waals surface area (Å²) in [6.45, 7) is 13.9. The molecule has 0 amide bonds. The molecule has 0 unspecified atom stereocenters. The van der Waals surface area contributed by atoms with Gasteiger partial charge in [0, 0.05) is 11.8 Å². The van der Waals surface area contributed by atoms with Gasteiger partial charge < -0.3 is 5.11 Å². The number of ketones is 1. The highest BCUT2D eigenvalue weighted by atomic mass is 17.2. The van der Waals surface area contributed by atoms with Gasteiger partial charge in [0.15, 0.2) is 11.4 Å². The van der Waals surface area contributed by atoms with Gasteiger partial charge in [-0.25, -0.2) is 9.78 Å². The average Bonchev–Trinajstić information content (AvgIpc) is 3.18. The number of hydrogen-bond acceptors (Lipinski definition) is 4. The van der Waals surface area contributed by atoms with Crippen molar-refractivity contribution in [2.24, 2.45) is 40.4 Å². The summed E-state index contributed by atoms with van der Waals surface area (Å²) in [7, 11) is 0. The highest BCUT2D eigenvalue weighted by Crippen LogP contribution is 2.72. The molecule has 1 aliphatic heterocycles. The third-order valence-electron chi connectivity index (χ3n) is 11.0. The fourth-order valence-corrected chi connectivity index (χ4v) is 8.35. The molecule has 5 aliphatic rings. The maximum absolute atomic E-state index is 13.6. The van der Waals surface area contributed by atoms with Crippen molar-refractivity contribution >= 4 is 5.78 Å². The standard InChI is InChI=1S/C28H42O4/c1-17(2)18(3)7-8-19(4)21-9-10-22-23-15-24(30)28-16-20(29)11-12-26(28,6)27(23,31-32-28)14-13-25(21,22)5/h7-8,15,17-22,29H,9-14,16H2,1-6H3/t18-,19+,20-,21+,22-,25+,26+,27+,28-/m0/s1. The first-order valence-corrected chi connectivity index (χ1v) is 13.0. The molecule has 1 heterocycles. The number of aliphatic hydroxyl groups excluding tert-OH is 1. The van der Waals surface area contributed by atoms with Crippen molar-refractivity contribution in [3.8, 4) is 0 Å². The van der Waals surface area contributed by atoms with Crippen molar-refractivity contribution in [2.75, 3.05) is 0 Å². The molecule has 2 bridgehead atoms. The van der Waals surface area contributed by atoms with Crippen molar-refractivity contribution in [2.45, 2.75) is 104 Å². The quantitative estimate of drug-likeness (QED) is 0.442. The molecule has 1 saturated heterocycles. The molecule has 0 radical (unpaired) electrons. The smallest absolute Gasteiger partial charge is 0.191 e. The summed E-state index contributed by atoms with van der Waals surface area (Å²) in [6.07, 6.45) is 12.4. The first kappa shape index (κ1) is 22.8. The molecule has 0 aromatic heterocycles. The molecule has 9 atom stereocenters. The predicted molar refractivity (Wildman–Crippen MR) is 125 cm³/mol. The monoisotopic (exact) mass is 442 g/mol. The Bertz CT molecular complexity index is 859. The van der Waals surface area contributed by atoms with Gasteiger partial charge in [-0.1, -0.05) is 53.7 Å². The van der Waals surface area contributed by atoms with Crippen LogP contribution in [0.5, 0.6) is 0 Å². The van der Waals surface area contributed by atoms with Crippen LogP contribution in [-0.4, -0.2) is 28.2 Å². The van der Waals surface area contributed by atoms with Gasteiger partial charge in [0.25, 0.3) is 0 Å². The minimum atomic E-state index is -1.01. The van der Waals surface area contributed by atoms with E-state index in [-0.39, 0.29) is 11.2 Å². The van der Waals surface area contributed by atoms with E-state index in [1.165, 1.54) is 12.0 Å². The molecule has 1 spiro atoms. The molecular weight excluding hydrogens is 400 g/mol. The molecule has 1 N–H and O–H groups in total. The lowest BCUT2D eigenvalue weighted by molar-refractivity contribution is -0.340. The van der Waals surface area contributed by atoms with E-state index in [2.05, 4.69) is 53.7 Å². The molecule has 4 nitrogen and oxygen atoms in total. The van der Waals surface area contributed by atoms with Crippen molar-refractivity contribution in [3.63, 3.8) is 0 Å². The predicted octanol–water partition coefficient (Wildman–Crippen LogP) is 5.80. The molecule has 4 aliphatic carbocycles. The summed E-state index contributed by atoms with van der Waals surface area (Å²) in [5.41, 5.74) is -0.525. The van der Waals surface area contributed by atoms with E-state index in [0.29, 0.717) is 42.4 Å². The van der Waals surface area contributed by atoms with E-state index >= 15 is 0 Å². The lowest BCUT2D eigenvalue weighted by atomic mass is 9.44. The zero-order valence-electron chi connectivity index (χ0n) is 20.8. The number of aliphatic hydroxyl groups is 1. The minimum absolute atomic E-state index is 0.0216. The van der Waals surface area contributed by atoms with Gasteiger partial charge in [-0.15, -0.1) is 0 Å². The van der Waals surface area contributed by atoms with Gasteiger partial charge in [-0.05, 0) is 85.2 Å². The van der Waals surface area contributed by atoms with Gasteiger partial charge in [0.05, 0.1) is 6.10 Å². The lowest BCUT2D eigenvalue weighted by Gasteiger charge is -2.58. The second kappa shape index (κ2) is 7.26. The number of fused-ring (bicyclic) bond motifs is 2. The highest BCUT2D eigenvalue weighted by molar-refractivity contribution is 6.01. The van der Waals surface area contributed by atoms with Gasteiger partial charge >= 0.3 is 0 Å². The fraction of sp³-hybridized carbons (Fsp3) is 0.821. The van der Waals surface area contributed by atoms with Crippen LogP contribution in [0, 0.1) is 40.4 Å². The first-order chi connectivity index (χ1) is 15.0. The summed E-state index contributed by atoms with van der Waals surface area (Å²) >= 11 is 0. The highest BCUT2D eigenvalue weighted by Gasteiger charge is 2.78. The van der Waals surface area contributed by atoms with Crippen LogP contribution < -0.4 is 0 Å².